The van der Waals surface area contributed by atoms with E-state index in [0.29, 0.717) is 13.2 Å². The van der Waals surface area contributed by atoms with Crippen molar-refractivity contribution >= 4 is 11.7 Å². The predicted molar refractivity (Wildman–Crippen MR) is 97.9 cm³/mol. The highest BCUT2D eigenvalue weighted by molar-refractivity contribution is 5.88. The van der Waals surface area contributed by atoms with E-state index in [1.165, 1.54) is 12.1 Å². The third kappa shape index (κ3) is 4.60. The molecule has 132 valence electrons. The summed E-state index contributed by atoms with van der Waals surface area (Å²) in [5, 5.41) is 12.3. The number of halogens is 1. The maximum absolute atomic E-state index is 13.0. The van der Waals surface area contributed by atoms with Crippen molar-refractivity contribution in [2.24, 2.45) is 0 Å². The lowest BCUT2D eigenvalue weighted by Gasteiger charge is -2.13. The molecule has 0 aliphatic rings. The third-order valence-corrected chi connectivity index (χ3v) is 3.87. The zero-order valence-corrected chi connectivity index (χ0v) is 14.0. The predicted octanol–water partition coefficient (Wildman–Crippen LogP) is 4.72. The summed E-state index contributed by atoms with van der Waals surface area (Å²) >= 11 is 0. The van der Waals surface area contributed by atoms with Gasteiger partial charge in [-0.25, -0.2) is 9.18 Å². The first-order valence-electron chi connectivity index (χ1n) is 8.14. The Balaban J connectivity index is 1.66. The van der Waals surface area contributed by atoms with Gasteiger partial charge in [-0.2, -0.15) is 0 Å². The van der Waals surface area contributed by atoms with E-state index >= 15 is 0 Å². The molecule has 0 atom stereocenters. The lowest BCUT2D eigenvalue weighted by Crippen LogP contribution is -2.04. The van der Waals surface area contributed by atoms with E-state index in [-0.39, 0.29) is 11.4 Å². The lowest BCUT2D eigenvalue weighted by atomic mass is 10.1. The number of nitrogens with one attached hydrogen (secondary N) is 1. The van der Waals surface area contributed by atoms with E-state index in [1.807, 2.05) is 30.3 Å². The minimum absolute atomic E-state index is 0.232. The number of carbonyl (C=O) groups is 1. The molecule has 0 aromatic heterocycles. The molecule has 0 spiro atoms. The van der Waals surface area contributed by atoms with Crippen LogP contribution >= 0.6 is 0 Å². The molecule has 0 aliphatic carbocycles. The highest BCUT2D eigenvalue weighted by Gasteiger charge is 2.06. The Bertz CT molecular complexity index is 894. The Morgan fingerprint density at radius 3 is 2.54 bits per heavy atom. The molecule has 0 heterocycles. The largest absolute Gasteiger partial charge is 0.489 e. The molecule has 3 aromatic rings. The highest BCUT2D eigenvalue weighted by Crippen LogP contribution is 2.21. The van der Waals surface area contributed by atoms with E-state index in [9.17, 15) is 9.18 Å². The number of anilines is 1. The zero-order valence-electron chi connectivity index (χ0n) is 14.0. The molecule has 3 rings (SSSR count). The van der Waals surface area contributed by atoms with Crippen LogP contribution in [0.1, 0.15) is 21.5 Å². The van der Waals surface area contributed by atoms with Gasteiger partial charge < -0.3 is 15.2 Å². The van der Waals surface area contributed by atoms with Gasteiger partial charge in [0.2, 0.25) is 0 Å². The molecule has 3 aromatic carbocycles. The summed E-state index contributed by atoms with van der Waals surface area (Å²) in [6.45, 7) is 0.828. The van der Waals surface area contributed by atoms with Crippen LogP contribution in [0.25, 0.3) is 0 Å². The summed E-state index contributed by atoms with van der Waals surface area (Å²) in [5.41, 5.74) is 2.77. The number of carboxylic acid groups (broad SMARTS) is 1. The second kappa shape index (κ2) is 8.16. The zero-order chi connectivity index (χ0) is 18.4. The van der Waals surface area contributed by atoms with Gasteiger partial charge >= 0.3 is 5.97 Å². The van der Waals surface area contributed by atoms with Crippen LogP contribution in [0.15, 0.2) is 72.8 Å². The van der Waals surface area contributed by atoms with Crippen molar-refractivity contribution in [3.8, 4) is 5.75 Å². The highest BCUT2D eigenvalue weighted by atomic mass is 19.1. The van der Waals surface area contributed by atoms with E-state index in [1.54, 1.807) is 30.3 Å². The van der Waals surface area contributed by atoms with Crippen LogP contribution in [0.2, 0.25) is 0 Å². The monoisotopic (exact) mass is 351 g/mol. The summed E-state index contributed by atoms with van der Waals surface area (Å²) in [7, 11) is 0. The number of benzene rings is 3. The average Bonchev–Trinajstić information content (AvgIpc) is 2.67. The number of aromatic carboxylic acids is 1. The quantitative estimate of drug-likeness (QED) is 0.647. The van der Waals surface area contributed by atoms with Crippen LogP contribution < -0.4 is 10.1 Å². The molecule has 2 N–H and O–H groups in total. The molecule has 0 radical (unpaired) electrons. The first-order chi connectivity index (χ1) is 12.6. The molecular weight excluding hydrogens is 333 g/mol. The Kier molecular flexibility index (Phi) is 5.49. The van der Waals surface area contributed by atoms with Gasteiger partial charge in [-0.3, -0.25) is 0 Å². The lowest BCUT2D eigenvalue weighted by molar-refractivity contribution is 0.0697. The van der Waals surface area contributed by atoms with Crippen molar-refractivity contribution in [1.82, 2.24) is 0 Å². The molecule has 5 heteroatoms. The fourth-order valence-corrected chi connectivity index (χ4v) is 2.49. The maximum atomic E-state index is 13.0. The second-order valence-electron chi connectivity index (χ2n) is 5.76. The molecule has 0 aliphatic heterocycles. The standard InChI is InChI=1S/C21H18FNO3/c22-18-10-8-15(9-11-18)14-26-20-7-2-1-4-17(20)13-23-19-6-3-5-16(12-19)21(24)25/h1-12,23H,13-14H2,(H,24,25). The SMILES string of the molecule is O=C(O)c1cccc(NCc2ccccc2OCc2ccc(F)cc2)c1. The van der Waals surface area contributed by atoms with Crippen molar-refractivity contribution < 1.29 is 19.0 Å². The molecule has 0 saturated heterocycles. The summed E-state index contributed by atoms with van der Waals surface area (Å²) in [6.07, 6.45) is 0. The van der Waals surface area contributed by atoms with Gasteiger partial charge in [-0.15, -0.1) is 0 Å². The van der Waals surface area contributed by atoms with Crippen LogP contribution in [-0.2, 0) is 13.2 Å². The average molecular weight is 351 g/mol. The van der Waals surface area contributed by atoms with Crippen molar-refractivity contribution in [2.45, 2.75) is 13.2 Å². The summed E-state index contributed by atoms with van der Waals surface area (Å²) < 4.78 is 18.8. The summed E-state index contributed by atoms with van der Waals surface area (Å²) in [6, 6.07) is 20.4. The van der Waals surface area contributed by atoms with Gasteiger partial charge in [0, 0.05) is 17.8 Å². The number of ether oxygens (including phenoxy) is 1. The first kappa shape index (κ1) is 17.5. The van der Waals surface area contributed by atoms with E-state index in [4.69, 9.17) is 9.84 Å². The Morgan fingerprint density at radius 2 is 1.77 bits per heavy atom. The van der Waals surface area contributed by atoms with E-state index in [2.05, 4.69) is 5.32 Å². The molecule has 26 heavy (non-hydrogen) atoms. The molecule has 4 nitrogen and oxygen atoms in total. The van der Waals surface area contributed by atoms with Crippen LogP contribution in [0.4, 0.5) is 10.1 Å². The summed E-state index contributed by atoms with van der Waals surface area (Å²) in [5.74, 6) is -0.516. The smallest absolute Gasteiger partial charge is 0.335 e. The topological polar surface area (TPSA) is 58.6 Å². The van der Waals surface area contributed by atoms with E-state index in [0.717, 1.165) is 22.6 Å². The number of para-hydroxylation sites is 1. The van der Waals surface area contributed by atoms with Gasteiger partial charge in [0.15, 0.2) is 0 Å². The van der Waals surface area contributed by atoms with Crippen LogP contribution in [0.5, 0.6) is 5.75 Å². The van der Waals surface area contributed by atoms with Gasteiger partial charge in [0.1, 0.15) is 18.2 Å². The van der Waals surface area contributed by atoms with Crippen molar-refractivity contribution in [3.63, 3.8) is 0 Å². The normalized spacial score (nSPS) is 10.3. The number of carboxylic acids is 1. The van der Waals surface area contributed by atoms with Crippen LogP contribution in [-0.4, -0.2) is 11.1 Å². The fraction of sp³-hybridized carbons (Fsp3) is 0.0952. The van der Waals surface area contributed by atoms with Gasteiger partial charge in [0.25, 0.3) is 0 Å². The number of hydrogen-bond donors (Lipinski definition) is 2. The number of hydrogen-bond acceptors (Lipinski definition) is 3. The molecular formula is C21H18FNO3. The third-order valence-electron chi connectivity index (χ3n) is 3.87. The first-order valence-corrected chi connectivity index (χ1v) is 8.14. The Labute approximate surface area is 150 Å². The molecule has 0 unspecified atom stereocenters. The number of rotatable bonds is 7. The second-order valence-corrected chi connectivity index (χ2v) is 5.76. The summed E-state index contributed by atoms with van der Waals surface area (Å²) in [4.78, 5) is 11.1. The Morgan fingerprint density at radius 1 is 1.00 bits per heavy atom. The van der Waals surface area contributed by atoms with E-state index < -0.39 is 5.97 Å². The van der Waals surface area contributed by atoms with Gasteiger partial charge in [0.05, 0.1) is 5.56 Å². The van der Waals surface area contributed by atoms with Gasteiger partial charge in [-0.1, -0.05) is 36.4 Å². The molecule has 0 saturated carbocycles. The van der Waals surface area contributed by atoms with Crippen molar-refractivity contribution in [3.05, 3.63) is 95.3 Å². The van der Waals surface area contributed by atoms with Gasteiger partial charge in [-0.05, 0) is 42.0 Å². The minimum atomic E-state index is -0.961. The fourth-order valence-electron chi connectivity index (χ4n) is 2.49. The Hall–Kier alpha value is -3.34. The van der Waals surface area contributed by atoms with Crippen molar-refractivity contribution in [1.29, 1.82) is 0 Å². The molecule has 0 amide bonds. The maximum Gasteiger partial charge on any atom is 0.335 e. The minimum Gasteiger partial charge on any atom is -0.489 e. The molecule has 0 fully saturated rings. The van der Waals surface area contributed by atoms with Crippen LogP contribution in [0, 0.1) is 5.82 Å². The van der Waals surface area contributed by atoms with Crippen LogP contribution in [0.3, 0.4) is 0 Å². The molecule has 0 bridgehead atoms. The van der Waals surface area contributed by atoms with Crippen molar-refractivity contribution in [2.75, 3.05) is 5.32 Å².